The summed E-state index contributed by atoms with van der Waals surface area (Å²) in [7, 11) is -2.43. The van der Waals surface area contributed by atoms with Gasteiger partial charge in [0.1, 0.15) is 11.9 Å². The summed E-state index contributed by atoms with van der Waals surface area (Å²) >= 11 is 0. The Morgan fingerprint density at radius 2 is 1.82 bits per heavy atom. The number of alkyl carbamates (subject to hydrolysis) is 1. The molecule has 11 heteroatoms. The Hall–Kier alpha value is -2.70. The minimum absolute atomic E-state index is 0.000311. The molecule has 0 bridgehead atoms. The Balaban J connectivity index is 1.51. The average molecular weight is 563 g/mol. The molecule has 2 aliphatic heterocycles. The fourth-order valence-corrected chi connectivity index (χ4v) is 6.55. The molecule has 0 radical (unpaired) electrons. The first-order valence-electron chi connectivity index (χ1n) is 13.2. The number of aliphatic hydroxyl groups excluding tert-OH is 1. The van der Waals surface area contributed by atoms with Crippen molar-refractivity contribution in [1.29, 1.82) is 0 Å². The molecule has 5 atom stereocenters. The fraction of sp³-hybridized carbons (Fsp3) is 0.536. The van der Waals surface area contributed by atoms with Gasteiger partial charge in [0, 0.05) is 13.1 Å². The van der Waals surface area contributed by atoms with Crippen LogP contribution in [-0.4, -0.2) is 81.9 Å². The number of nitrogens with one attached hydrogen (secondary N) is 1. The molecule has 1 unspecified atom stereocenters. The Morgan fingerprint density at radius 1 is 1.10 bits per heavy atom. The molecule has 2 heterocycles. The SMILES string of the molecule is COc1ccc(S(=O)(=O)N(CC(C)C)C[C@@H](O)[C@H](Cc2ccccc2)NC(=O)OC2CO[C@@H]3OCC[C@H]23)cc1. The van der Waals surface area contributed by atoms with E-state index in [1.807, 2.05) is 44.2 Å². The number of rotatable bonds is 12. The lowest BCUT2D eigenvalue weighted by Gasteiger charge is -2.31. The highest BCUT2D eigenvalue weighted by atomic mass is 32.2. The van der Waals surface area contributed by atoms with Gasteiger partial charge in [-0.05, 0) is 48.6 Å². The number of aliphatic hydroxyl groups is 1. The van der Waals surface area contributed by atoms with Crippen LogP contribution in [0.1, 0.15) is 25.8 Å². The zero-order valence-corrected chi connectivity index (χ0v) is 23.4. The van der Waals surface area contributed by atoms with Crippen molar-refractivity contribution in [2.75, 3.05) is 33.4 Å². The van der Waals surface area contributed by atoms with Gasteiger partial charge in [-0.2, -0.15) is 4.31 Å². The van der Waals surface area contributed by atoms with Gasteiger partial charge in [-0.3, -0.25) is 0 Å². The Labute approximate surface area is 230 Å². The van der Waals surface area contributed by atoms with Gasteiger partial charge in [-0.15, -0.1) is 0 Å². The number of amides is 1. The van der Waals surface area contributed by atoms with Gasteiger partial charge in [0.2, 0.25) is 10.0 Å². The molecule has 2 N–H and O–H groups in total. The summed E-state index contributed by atoms with van der Waals surface area (Å²) in [4.78, 5) is 13.0. The van der Waals surface area contributed by atoms with Crippen LogP contribution in [0.3, 0.4) is 0 Å². The van der Waals surface area contributed by atoms with E-state index in [0.717, 1.165) is 12.0 Å². The number of sulfonamides is 1. The van der Waals surface area contributed by atoms with Gasteiger partial charge in [0.15, 0.2) is 6.29 Å². The third-order valence-corrected chi connectivity index (χ3v) is 8.81. The van der Waals surface area contributed by atoms with Crippen LogP contribution in [0.15, 0.2) is 59.5 Å². The standard InChI is InChI=1S/C28H38N2O8S/c1-19(2)16-30(39(33,34)22-11-9-21(35-3)10-12-22)17-25(31)24(15-20-7-5-4-6-8-20)29-28(32)38-26-18-37-27-23(26)13-14-36-27/h4-12,19,23-27,31H,13-18H2,1-3H3,(H,29,32)/t23-,24+,25-,26?,27+/m1/s1. The summed E-state index contributed by atoms with van der Waals surface area (Å²) < 4.78 is 50.3. The lowest BCUT2D eigenvalue weighted by molar-refractivity contribution is -0.0907. The maximum Gasteiger partial charge on any atom is 0.407 e. The molecule has 0 aromatic heterocycles. The molecular formula is C28H38N2O8S. The predicted octanol–water partition coefficient (Wildman–Crippen LogP) is 2.80. The zero-order chi connectivity index (χ0) is 28.0. The van der Waals surface area contributed by atoms with E-state index in [4.69, 9.17) is 18.9 Å². The highest BCUT2D eigenvalue weighted by molar-refractivity contribution is 7.89. The number of hydrogen-bond acceptors (Lipinski definition) is 8. The summed E-state index contributed by atoms with van der Waals surface area (Å²) in [6.45, 7) is 4.59. The van der Waals surface area contributed by atoms with E-state index in [-0.39, 0.29) is 49.1 Å². The minimum Gasteiger partial charge on any atom is -0.497 e. The molecule has 214 valence electrons. The maximum absolute atomic E-state index is 13.6. The summed E-state index contributed by atoms with van der Waals surface area (Å²) in [5.41, 5.74) is 0.878. The van der Waals surface area contributed by atoms with Gasteiger partial charge in [0.25, 0.3) is 0 Å². The van der Waals surface area contributed by atoms with E-state index in [1.165, 1.54) is 23.5 Å². The highest BCUT2D eigenvalue weighted by Gasteiger charge is 2.44. The van der Waals surface area contributed by atoms with E-state index in [0.29, 0.717) is 12.4 Å². The summed E-state index contributed by atoms with van der Waals surface area (Å²) in [5, 5.41) is 14.2. The van der Waals surface area contributed by atoms with Crippen molar-refractivity contribution in [3.63, 3.8) is 0 Å². The number of hydrogen-bond donors (Lipinski definition) is 2. The molecule has 1 amide bonds. The number of carbonyl (C=O) groups excluding carboxylic acids is 1. The van der Waals surface area contributed by atoms with Crippen LogP contribution in [-0.2, 0) is 30.7 Å². The van der Waals surface area contributed by atoms with E-state index in [2.05, 4.69) is 5.32 Å². The lowest BCUT2D eigenvalue weighted by atomic mass is 10.0. The monoisotopic (exact) mass is 562 g/mol. The van der Waals surface area contributed by atoms with Gasteiger partial charge < -0.3 is 29.4 Å². The van der Waals surface area contributed by atoms with Gasteiger partial charge in [0.05, 0.1) is 43.3 Å². The third kappa shape index (κ3) is 7.49. The van der Waals surface area contributed by atoms with Crippen molar-refractivity contribution in [1.82, 2.24) is 9.62 Å². The first kappa shape index (κ1) is 29.3. The van der Waals surface area contributed by atoms with Crippen molar-refractivity contribution < 1.29 is 37.3 Å². The largest absolute Gasteiger partial charge is 0.497 e. The number of ether oxygens (including phenoxy) is 4. The zero-order valence-electron chi connectivity index (χ0n) is 22.6. The van der Waals surface area contributed by atoms with E-state index in [9.17, 15) is 18.3 Å². The number of benzene rings is 2. The molecule has 4 rings (SSSR count). The molecule has 0 spiro atoms. The first-order chi connectivity index (χ1) is 18.7. The molecule has 0 saturated carbocycles. The number of carbonyl (C=O) groups is 1. The molecule has 2 aliphatic rings. The maximum atomic E-state index is 13.6. The Morgan fingerprint density at radius 3 is 2.49 bits per heavy atom. The predicted molar refractivity (Wildman–Crippen MR) is 144 cm³/mol. The normalized spacial score (nSPS) is 22.5. The van der Waals surface area contributed by atoms with Crippen molar-refractivity contribution in [3.8, 4) is 5.75 Å². The van der Waals surface area contributed by atoms with E-state index >= 15 is 0 Å². The molecule has 2 aromatic carbocycles. The van der Waals surface area contributed by atoms with Crippen LogP contribution in [0.25, 0.3) is 0 Å². The summed E-state index contributed by atoms with van der Waals surface area (Å²) in [6.07, 6.45) is -1.69. The Kier molecular flexibility index (Phi) is 9.84. The van der Waals surface area contributed by atoms with Gasteiger partial charge in [-0.1, -0.05) is 44.2 Å². The van der Waals surface area contributed by atoms with Crippen LogP contribution in [0, 0.1) is 11.8 Å². The molecule has 39 heavy (non-hydrogen) atoms. The second-order valence-corrected chi connectivity index (χ2v) is 12.3. The second kappa shape index (κ2) is 13.1. The average Bonchev–Trinajstić information content (AvgIpc) is 3.53. The quantitative estimate of drug-likeness (QED) is 0.405. The second-order valence-electron chi connectivity index (χ2n) is 10.4. The molecular weight excluding hydrogens is 524 g/mol. The van der Waals surface area contributed by atoms with Crippen LogP contribution >= 0.6 is 0 Å². The molecule has 10 nitrogen and oxygen atoms in total. The molecule has 2 fully saturated rings. The van der Waals surface area contributed by atoms with E-state index in [1.54, 1.807) is 12.1 Å². The summed E-state index contributed by atoms with van der Waals surface area (Å²) in [6, 6.07) is 14.7. The van der Waals surface area contributed by atoms with Crippen LogP contribution < -0.4 is 10.1 Å². The minimum atomic E-state index is -3.94. The van der Waals surface area contributed by atoms with Gasteiger partial charge in [-0.25, -0.2) is 13.2 Å². The third-order valence-electron chi connectivity index (χ3n) is 6.97. The van der Waals surface area contributed by atoms with E-state index < -0.39 is 34.4 Å². The van der Waals surface area contributed by atoms with Crippen molar-refractivity contribution in [3.05, 3.63) is 60.2 Å². The topological polar surface area (TPSA) is 124 Å². The van der Waals surface area contributed by atoms with Crippen molar-refractivity contribution >= 4 is 16.1 Å². The molecule has 0 aliphatic carbocycles. The van der Waals surface area contributed by atoms with Crippen LogP contribution in [0.2, 0.25) is 0 Å². The van der Waals surface area contributed by atoms with Gasteiger partial charge >= 0.3 is 6.09 Å². The number of methoxy groups -OCH3 is 1. The smallest absolute Gasteiger partial charge is 0.407 e. The summed E-state index contributed by atoms with van der Waals surface area (Å²) in [5.74, 6) is 0.516. The van der Waals surface area contributed by atoms with Crippen molar-refractivity contribution in [2.45, 2.75) is 56.1 Å². The number of fused-ring (bicyclic) bond motifs is 1. The van der Waals surface area contributed by atoms with Crippen LogP contribution in [0.5, 0.6) is 5.75 Å². The molecule has 2 saturated heterocycles. The first-order valence-corrected chi connectivity index (χ1v) is 14.7. The fourth-order valence-electron chi connectivity index (χ4n) is 4.93. The van der Waals surface area contributed by atoms with Crippen LogP contribution in [0.4, 0.5) is 4.79 Å². The number of nitrogens with zero attached hydrogens (tertiary/aromatic N) is 1. The Bertz CT molecular complexity index is 1180. The van der Waals surface area contributed by atoms with Crippen molar-refractivity contribution in [2.24, 2.45) is 11.8 Å². The lowest BCUT2D eigenvalue weighted by Crippen LogP contribution is -2.51. The highest BCUT2D eigenvalue weighted by Crippen LogP contribution is 2.33. The molecule has 2 aromatic rings.